The monoisotopic (exact) mass is 413 g/mol. The van der Waals surface area contributed by atoms with Crippen molar-refractivity contribution in [1.82, 2.24) is 14.5 Å². The van der Waals surface area contributed by atoms with Crippen LogP contribution < -0.4 is 9.47 Å². The highest BCUT2D eigenvalue weighted by atomic mass is 19.3. The number of nitrogens with zero attached hydrogens (tertiary/aromatic N) is 3. The number of rotatable bonds is 7. The summed E-state index contributed by atoms with van der Waals surface area (Å²) in [4.78, 5) is 8.79. The van der Waals surface area contributed by atoms with Gasteiger partial charge < -0.3 is 9.47 Å². The van der Waals surface area contributed by atoms with Crippen molar-refractivity contribution in [2.75, 3.05) is 6.61 Å². The molecule has 0 saturated carbocycles. The van der Waals surface area contributed by atoms with E-state index in [1.54, 1.807) is 30.7 Å². The number of hydrogen-bond donors (Lipinski definition) is 0. The Bertz CT molecular complexity index is 1160. The molecule has 4 aromatic rings. The Balaban J connectivity index is 1.74. The molecule has 0 aliphatic heterocycles. The maximum absolute atomic E-state index is 13.7. The second-order valence-electron chi connectivity index (χ2n) is 6.53. The molecule has 0 bridgehead atoms. The molecule has 4 rings (SSSR count). The molecule has 0 fully saturated rings. The van der Waals surface area contributed by atoms with Gasteiger partial charge in [0.1, 0.15) is 29.2 Å². The first-order valence-corrected chi connectivity index (χ1v) is 9.36. The van der Waals surface area contributed by atoms with Crippen molar-refractivity contribution in [2.45, 2.75) is 20.0 Å². The second kappa shape index (κ2) is 8.44. The van der Waals surface area contributed by atoms with Crippen molar-refractivity contribution in [2.24, 2.45) is 0 Å². The van der Waals surface area contributed by atoms with Gasteiger partial charge in [-0.15, -0.1) is 0 Å². The number of fused-ring (bicyclic) bond motifs is 1. The van der Waals surface area contributed by atoms with Gasteiger partial charge in [0.05, 0.1) is 24.0 Å². The number of alkyl halides is 2. The van der Waals surface area contributed by atoms with E-state index in [-0.39, 0.29) is 11.6 Å². The van der Waals surface area contributed by atoms with Crippen LogP contribution in [-0.4, -0.2) is 27.8 Å². The van der Waals surface area contributed by atoms with E-state index in [0.717, 1.165) is 17.6 Å². The Morgan fingerprint density at radius 2 is 1.83 bits per heavy atom. The van der Waals surface area contributed by atoms with Crippen LogP contribution >= 0.6 is 0 Å². The Morgan fingerprint density at radius 3 is 2.57 bits per heavy atom. The predicted molar refractivity (Wildman–Crippen MR) is 107 cm³/mol. The topological polar surface area (TPSA) is 49.2 Å². The van der Waals surface area contributed by atoms with E-state index < -0.39 is 6.61 Å². The molecule has 8 heteroatoms. The third-order valence-corrected chi connectivity index (χ3v) is 4.45. The summed E-state index contributed by atoms with van der Waals surface area (Å²) in [6.45, 7) is -0.443. The maximum atomic E-state index is 13.7. The first-order valence-electron chi connectivity index (χ1n) is 9.36. The molecule has 0 spiro atoms. The fourth-order valence-electron chi connectivity index (χ4n) is 3.09. The lowest BCUT2D eigenvalue weighted by Crippen LogP contribution is -2.02. The SMILES string of the molecule is CCCOc1cc(F)ccc1-c1cc2c(cn1)ncn2-c1ccc(OC(F)F)cc1. The summed E-state index contributed by atoms with van der Waals surface area (Å²) >= 11 is 0. The lowest BCUT2D eigenvalue weighted by Gasteiger charge is -2.11. The number of ether oxygens (including phenoxy) is 2. The highest BCUT2D eigenvalue weighted by Gasteiger charge is 2.13. The van der Waals surface area contributed by atoms with E-state index in [1.807, 2.05) is 17.6 Å². The molecule has 0 unspecified atom stereocenters. The molecule has 0 radical (unpaired) electrons. The van der Waals surface area contributed by atoms with Crippen LogP contribution in [0.1, 0.15) is 13.3 Å². The Labute approximate surface area is 170 Å². The van der Waals surface area contributed by atoms with Crippen LogP contribution in [0.4, 0.5) is 13.2 Å². The Morgan fingerprint density at radius 1 is 1.03 bits per heavy atom. The zero-order valence-corrected chi connectivity index (χ0v) is 16.1. The quantitative estimate of drug-likeness (QED) is 0.395. The molecule has 2 aromatic carbocycles. The van der Waals surface area contributed by atoms with Crippen LogP contribution in [-0.2, 0) is 0 Å². The fourth-order valence-corrected chi connectivity index (χ4v) is 3.09. The van der Waals surface area contributed by atoms with E-state index in [9.17, 15) is 13.2 Å². The van der Waals surface area contributed by atoms with Gasteiger partial charge in [-0.2, -0.15) is 8.78 Å². The van der Waals surface area contributed by atoms with E-state index in [1.165, 1.54) is 24.3 Å². The molecule has 5 nitrogen and oxygen atoms in total. The number of imidazole rings is 1. The number of benzene rings is 2. The lowest BCUT2D eigenvalue weighted by molar-refractivity contribution is -0.0498. The molecule has 0 amide bonds. The maximum Gasteiger partial charge on any atom is 0.387 e. The van der Waals surface area contributed by atoms with Crippen LogP contribution in [0.15, 0.2) is 61.1 Å². The summed E-state index contributed by atoms with van der Waals surface area (Å²) in [6, 6.07) is 12.4. The van der Waals surface area contributed by atoms with Crippen LogP contribution in [0.5, 0.6) is 11.5 Å². The van der Waals surface area contributed by atoms with Crippen molar-refractivity contribution in [3.8, 4) is 28.4 Å². The van der Waals surface area contributed by atoms with E-state index in [4.69, 9.17) is 4.74 Å². The minimum absolute atomic E-state index is 0.0737. The summed E-state index contributed by atoms with van der Waals surface area (Å²) in [5.41, 5.74) is 3.41. The molecule has 0 saturated heterocycles. The summed E-state index contributed by atoms with van der Waals surface area (Å²) in [5.74, 6) is 0.106. The van der Waals surface area contributed by atoms with Crippen LogP contribution in [0.3, 0.4) is 0 Å². The number of halogens is 3. The number of aromatic nitrogens is 3. The van der Waals surface area contributed by atoms with Crippen molar-refractivity contribution in [1.29, 1.82) is 0 Å². The van der Waals surface area contributed by atoms with Gasteiger partial charge in [0.25, 0.3) is 0 Å². The van der Waals surface area contributed by atoms with E-state index in [0.29, 0.717) is 29.1 Å². The van der Waals surface area contributed by atoms with Gasteiger partial charge in [-0.3, -0.25) is 9.55 Å². The first kappa shape index (κ1) is 19.8. The molecule has 0 aliphatic carbocycles. The minimum Gasteiger partial charge on any atom is -0.493 e. The lowest BCUT2D eigenvalue weighted by atomic mass is 10.1. The standard InChI is InChI=1S/C22H18F3N3O2/c1-2-9-29-21-10-14(23)3-8-17(21)18-11-20-19(12-26-18)27-13-28(20)15-4-6-16(7-5-15)30-22(24)25/h3-8,10-13,22H,2,9H2,1H3. The summed E-state index contributed by atoms with van der Waals surface area (Å²) in [6.07, 6.45) is 4.04. The number of hydrogen-bond acceptors (Lipinski definition) is 4. The van der Waals surface area contributed by atoms with E-state index >= 15 is 0 Å². The largest absolute Gasteiger partial charge is 0.493 e. The summed E-state index contributed by atoms with van der Waals surface area (Å²) < 4.78 is 50.3. The molecular weight excluding hydrogens is 395 g/mol. The van der Waals surface area contributed by atoms with Gasteiger partial charge >= 0.3 is 6.61 Å². The molecule has 2 aromatic heterocycles. The van der Waals surface area contributed by atoms with Gasteiger partial charge in [0, 0.05) is 17.3 Å². The molecule has 0 N–H and O–H groups in total. The van der Waals surface area contributed by atoms with Crippen molar-refractivity contribution >= 4 is 11.0 Å². The first-order chi connectivity index (χ1) is 14.5. The minimum atomic E-state index is -2.88. The Hall–Kier alpha value is -3.55. The average molecular weight is 413 g/mol. The predicted octanol–water partition coefficient (Wildman–Crippen LogP) is 5.62. The van der Waals surface area contributed by atoms with Gasteiger partial charge in [-0.1, -0.05) is 6.92 Å². The third kappa shape index (κ3) is 4.07. The van der Waals surface area contributed by atoms with Crippen LogP contribution in [0, 0.1) is 5.82 Å². The Kier molecular flexibility index (Phi) is 5.56. The second-order valence-corrected chi connectivity index (χ2v) is 6.53. The van der Waals surface area contributed by atoms with E-state index in [2.05, 4.69) is 14.7 Å². The average Bonchev–Trinajstić information content (AvgIpc) is 3.15. The summed E-state index contributed by atoms with van der Waals surface area (Å²) in [7, 11) is 0. The van der Waals surface area contributed by atoms with Crippen LogP contribution in [0.25, 0.3) is 28.0 Å². The van der Waals surface area contributed by atoms with Crippen molar-refractivity contribution < 1.29 is 22.6 Å². The van der Waals surface area contributed by atoms with Gasteiger partial charge in [-0.05, 0) is 48.9 Å². The highest BCUT2D eigenvalue weighted by molar-refractivity contribution is 5.82. The third-order valence-electron chi connectivity index (χ3n) is 4.45. The zero-order valence-electron chi connectivity index (χ0n) is 16.1. The number of pyridine rings is 1. The normalized spacial score (nSPS) is 11.2. The van der Waals surface area contributed by atoms with Gasteiger partial charge in [0.2, 0.25) is 0 Å². The summed E-state index contributed by atoms with van der Waals surface area (Å²) in [5, 5.41) is 0. The fraction of sp³-hybridized carbons (Fsp3) is 0.182. The van der Waals surface area contributed by atoms with Crippen molar-refractivity contribution in [3.05, 3.63) is 66.9 Å². The van der Waals surface area contributed by atoms with Gasteiger partial charge in [0.15, 0.2) is 0 Å². The molecule has 0 atom stereocenters. The zero-order chi connectivity index (χ0) is 21.1. The molecule has 30 heavy (non-hydrogen) atoms. The molecular formula is C22H18F3N3O2. The molecule has 0 aliphatic rings. The molecule has 154 valence electrons. The van der Waals surface area contributed by atoms with Crippen LogP contribution in [0.2, 0.25) is 0 Å². The van der Waals surface area contributed by atoms with Gasteiger partial charge in [-0.25, -0.2) is 9.37 Å². The van der Waals surface area contributed by atoms with Crippen molar-refractivity contribution in [3.63, 3.8) is 0 Å². The smallest absolute Gasteiger partial charge is 0.387 e. The molecule has 2 heterocycles. The highest BCUT2D eigenvalue weighted by Crippen LogP contribution is 2.32.